The van der Waals surface area contributed by atoms with E-state index in [1.807, 2.05) is 11.9 Å². The Hall–Kier alpha value is -2.41. The standard InChI is InChI=1S/C18H23FN4O2/c1-21-14-20-13-17(21)18(24)23-8-2-7-22(9-10-23)11-12-25-16-5-3-15(19)4-6-16/h3-6,13-14H,2,7-12H2,1H3. The number of nitrogens with zero attached hydrogens (tertiary/aromatic N) is 4. The number of benzene rings is 1. The Balaban J connectivity index is 1.46. The molecule has 0 N–H and O–H groups in total. The van der Waals surface area contributed by atoms with Crippen molar-refractivity contribution in [2.45, 2.75) is 6.42 Å². The van der Waals surface area contributed by atoms with Gasteiger partial charge in [-0.1, -0.05) is 0 Å². The van der Waals surface area contributed by atoms with Crippen LogP contribution in [0.2, 0.25) is 0 Å². The van der Waals surface area contributed by atoms with Gasteiger partial charge in [0.1, 0.15) is 23.9 Å². The zero-order valence-electron chi connectivity index (χ0n) is 14.4. The third kappa shape index (κ3) is 4.57. The molecule has 0 bridgehead atoms. The van der Waals surface area contributed by atoms with Crippen LogP contribution >= 0.6 is 0 Å². The number of aromatic nitrogens is 2. The van der Waals surface area contributed by atoms with Gasteiger partial charge in [0, 0.05) is 39.8 Å². The van der Waals surface area contributed by atoms with E-state index in [4.69, 9.17) is 4.74 Å². The molecule has 3 rings (SSSR count). The predicted octanol–water partition coefficient (Wildman–Crippen LogP) is 1.79. The summed E-state index contributed by atoms with van der Waals surface area (Å²) in [5.74, 6) is 0.437. The van der Waals surface area contributed by atoms with E-state index in [1.54, 1.807) is 29.2 Å². The number of carbonyl (C=O) groups is 1. The molecule has 1 aliphatic rings. The highest BCUT2D eigenvalue weighted by atomic mass is 19.1. The molecule has 0 aliphatic carbocycles. The van der Waals surface area contributed by atoms with E-state index < -0.39 is 0 Å². The second kappa shape index (κ2) is 8.11. The van der Waals surface area contributed by atoms with E-state index in [9.17, 15) is 9.18 Å². The Bertz CT molecular complexity index is 701. The van der Waals surface area contributed by atoms with Gasteiger partial charge in [0.2, 0.25) is 0 Å². The summed E-state index contributed by atoms with van der Waals surface area (Å²) < 4.78 is 20.3. The minimum absolute atomic E-state index is 0.0319. The van der Waals surface area contributed by atoms with Crippen LogP contribution in [0.15, 0.2) is 36.8 Å². The molecule has 1 saturated heterocycles. The van der Waals surface area contributed by atoms with Gasteiger partial charge in [-0.3, -0.25) is 9.69 Å². The highest BCUT2D eigenvalue weighted by Crippen LogP contribution is 2.12. The summed E-state index contributed by atoms with van der Waals surface area (Å²) in [6, 6.07) is 6.05. The Kier molecular flexibility index (Phi) is 5.65. The van der Waals surface area contributed by atoms with Gasteiger partial charge < -0.3 is 14.2 Å². The average molecular weight is 346 g/mol. The summed E-state index contributed by atoms with van der Waals surface area (Å²) in [7, 11) is 1.83. The molecular weight excluding hydrogens is 323 g/mol. The lowest BCUT2D eigenvalue weighted by molar-refractivity contribution is 0.0751. The summed E-state index contributed by atoms with van der Waals surface area (Å²) >= 11 is 0. The van der Waals surface area contributed by atoms with Crippen molar-refractivity contribution in [2.24, 2.45) is 7.05 Å². The summed E-state index contributed by atoms with van der Waals surface area (Å²) in [6.07, 6.45) is 4.19. The maximum atomic E-state index is 12.9. The first-order valence-electron chi connectivity index (χ1n) is 8.50. The third-order valence-electron chi connectivity index (χ3n) is 4.40. The van der Waals surface area contributed by atoms with E-state index in [-0.39, 0.29) is 11.7 Å². The highest BCUT2D eigenvalue weighted by Gasteiger charge is 2.22. The second-order valence-corrected chi connectivity index (χ2v) is 6.18. The molecule has 2 heterocycles. The van der Waals surface area contributed by atoms with E-state index in [1.165, 1.54) is 12.1 Å². The second-order valence-electron chi connectivity index (χ2n) is 6.18. The van der Waals surface area contributed by atoms with Crippen LogP contribution in [0.5, 0.6) is 5.75 Å². The number of imidazole rings is 1. The number of hydrogen-bond donors (Lipinski definition) is 0. The molecule has 0 atom stereocenters. The van der Waals surface area contributed by atoms with Crippen molar-refractivity contribution >= 4 is 5.91 Å². The van der Waals surface area contributed by atoms with Crippen LogP contribution in [0.3, 0.4) is 0 Å². The Labute approximate surface area is 146 Å². The Morgan fingerprint density at radius 1 is 1.20 bits per heavy atom. The van der Waals surface area contributed by atoms with Gasteiger partial charge in [-0.05, 0) is 30.7 Å². The number of carbonyl (C=O) groups excluding carboxylic acids is 1. The Morgan fingerprint density at radius 3 is 2.72 bits per heavy atom. The van der Waals surface area contributed by atoms with Gasteiger partial charge in [0.15, 0.2) is 0 Å². The van der Waals surface area contributed by atoms with Crippen LogP contribution in [0.1, 0.15) is 16.9 Å². The maximum absolute atomic E-state index is 12.9. The number of ether oxygens (including phenoxy) is 1. The molecule has 7 heteroatoms. The Morgan fingerprint density at radius 2 is 2.00 bits per heavy atom. The SMILES string of the molecule is Cn1cncc1C(=O)N1CCCN(CCOc2ccc(F)cc2)CC1. The van der Waals surface area contributed by atoms with Crippen molar-refractivity contribution in [1.82, 2.24) is 19.4 Å². The van der Waals surface area contributed by atoms with Crippen molar-refractivity contribution in [3.63, 3.8) is 0 Å². The third-order valence-corrected chi connectivity index (χ3v) is 4.40. The van der Waals surface area contributed by atoms with Gasteiger partial charge in [-0.2, -0.15) is 0 Å². The zero-order valence-corrected chi connectivity index (χ0v) is 14.4. The summed E-state index contributed by atoms with van der Waals surface area (Å²) in [6.45, 7) is 4.52. The van der Waals surface area contributed by atoms with Crippen LogP contribution in [0.25, 0.3) is 0 Å². The largest absolute Gasteiger partial charge is 0.492 e. The van der Waals surface area contributed by atoms with Crippen molar-refractivity contribution in [3.05, 3.63) is 48.3 Å². The van der Waals surface area contributed by atoms with Gasteiger partial charge in [-0.15, -0.1) is 0 Å². The smallest absolute Gasteiger partial charge is 0.272 e. The first-order chi connectivity index (χ1) is 12.1. The van der Waals surface area contributed by atoms with E-state index in [0.717, 1.165) is 32.6 Å². The molecular formula is C18H23FN4O2. The summed E-state index contributed by atoms with van der Waals surface area (Å²) in [4.78, 5) is 20.8. The minimum atomic E-state index is -0.266. The normalized spacial score (nSPS) is 15.8. The molecule has 1 amide bonds. The first kappa shape index (κ1) is 17.4. The van der Waals surface area contributed by atoms with Crippen LogP contribution in [0.4, 0.5) is 4.39 Å². The molecule has 0 spiro atoms. The van der Waals surface area contributed by atoms with Crippen molar-refractivity contribution in [3.8, 4) is 5.75 Å². The lowest BCUT2D eigenvalue weighted by Crippen LogP contribution is -2.36. The van der Waals surface area contributed by atoms with Crippen LogP contribution < -0.4 is 4.74 Å². The minimum Gasteiger partial charge on any atom is -0.492 e. The quantitative estimate of drug-likeness (QED) is 0.828. The van der Waals surface area contributed by atoms with E-state index in [2.05, 4.69) is 9.88 Å². The topological polar surface area (TPSA) is 50.6 Å². The van der Waals surface area contributed by atoms with E-state index >= 15 is 0 Å². The monoisotopic (exact) mass is 346 g/mol. The number of rotatable bonds is 5. The number of hydrogen-bond acceptors (Lipinski definition) is 4. The van der Waals surface area contributed by atoms with Crippen LogP contribution in [0, 0.1) is 5.82 Å². The fourth-order valence-corrected chi connectivity index (χ4v) is 2.95. The van der Waals surface area contributed by atoms with Gasteiger partial charge >= 0.3 is 0 Å². The fourth-order valence-electron chi connectivity index (χ4n) is 2.95. The predicted molar refractivity (Wildman–Crippen MR) is 92.1 cm³/mol. The lowest BCUT2D eigenvalue weighted by atomic mass is 10.3. The molecule has 0 unspecified atom stereocenters. The zero-order chi connectivity index (χ0) is 17.6. The van der Waals surface area contributed by atoms with Gasteiger partial charge in [0.05, 0.1) is 12.5 Å². The molecule has 0 saturated carbocycles. The molecule has 0 radical (unpaired) electrons. The maximum Gasteiger partial charge on any atom is 0.272 e. The van der Waals surface area contributed by atoms with Gasteiger partial charge in [-0.25, -0.2) is 9.37 Å². The average Bonchev–Trinajstić information content (AvgIpc) is 2.90. The summed E-state index contributed by atoms with van der Waals surface area (Å²) in [5, 5.41) is 0. The molecule has 1 aliphatic heterocycles. The molecule has 1 fully saturated rings. The first-order valence-corrected chi connectivity index (χ1v) is 8.50. The molecule has 6 nitrogen and oxygen atoms in total. The molecule has 1 aromatic carbocycles. The van der Waals surface area contributed by atoms with Crippen molar-refractivity contribution < 1.29 is 13.9 Å². The fraction of sp³-hybridized carbons (Fsp3) is 0.444. The van der Waals surface area contributed by atoms with Crippen molar-refractivity contribution in [2.75, 3.05) is 39.3 Å². The molecule has 25 heavy (non-hydrogen) atoms. The van der Waals surface area contributed by atoms with Crippen LogP contribution in [-0.4, -0.2) is 64.6 Å². The lowest BCUT2D eigenvalue weighted by Gasteiger charge is -2.22. The van der Waals surface area contributed by atoms with E-state index in [0.29, 0.717) is 24.6 Å². The molecule has 2 aromatic rings. The highest BCUT2D eigenvalue weighted by molar-refractivity contribution is 5.92. The van der Waals surface area contributed by atoms with Crippen molar-refractivity contribution in [1.29, 1.82) is 0 Å². The number of aryl methyl sites for hydroxylation is 1. The molecule has 1 aromatic heterocycles. The summed E-state index contributed by atoms with van der Waals surface area (Å²) in [5.41, 5.74) is 0.619. The number of amides is 1. The number of halogens is 1. The molecule has 134 valence electrons. The van der Waals surface area contributed by atoms with Gasteiger partial charge in [0.25, 0.3) is 5.91 Å². The van der Waals surface area contributed by atoms with Crippen LogP contribution in [-0.2, 0) is 7.05 Å².